The second-order valence-electron chi connectivity index (χ2n) is 29.4. The number of fused-ring (bicyclic) bond motifs is 5. The van der Waals surface area contributed by atoms with Gasteiger partial charge in [-0.2, -0.15) is 0 Å². The normalized spacial score (nSPS) is 13.7. The van der Waals surface area contributed by atoms with Crippen LogP contribution in [0.15, 0.2) is 153 Å². The Labute approximate surface area is 706 Å². The van der Waals surface area contributed by atoms with Gasteiger partial charge < -0.3 is 21.3 Å². The van der Waals surface area contributed by atoms with Gasteiger partial charge in [0.2, 0.25) is 5.91 Å². The summed E-state index contributed by atoms with van der Waals surface area (Å²) >= 11 is 32.2. The van der Waals surface area contributed by atoms with Gasteiger partial charge >= 0.3 is 0 Å². The number of anilines is 1. The highest BCUT2D eigenvalue weighted by molar-refractivity contribution is 6.38. The lowest BCUT2D eigenvalue weighted by atomic mass is 10.1. The highest BCUT2D eigenvalue weighted by Crippen LogP contribution is 2.38. The van der Waals surface area contributed by atoms with Gasteiger partial charge in [0.15, 0.2) is 0 Å². The SMILES string of the molecule is COc1cncc(C#Cc2ccc3c(nnn3CC3CC3)c2Cl)c1.Fc1cncc(C#Cc2ccc3c(nnn3CC3CC3)c2Cl)c1.NC(=O)c1cncc(C#Cc2ccc3c(nnn3CC3CC3)c2Cl)c1.Nc1cncc(C#Cc2ccc3c(nnn3CC3CC3)c2Cl)c1.OCc1cncc(C#Cc2ccc3c(nnn3CC3CC3)c2Cl)c1. The van der Waals surface area contributed by atoms with E-state index in [0.29, 0.717) is 109 Å². The van der Waals surface area contributed by atoms with Crippen molar-refractivity contribution in [2.45, 2.75) is 104 Å². The highest BCUT2D eigenvalue weighted by atomic mass is 35.5. The van der Waals surface area contributed by atoms with Gasteiger partial charge in [0.1, 0.15) is 39.2 Å². The Balaban J connectivity index is 0.000000111. The Hall–Kier alpha value is -12.9. The Morgan fingerprint density at radius 1 is 0.395 bits per heavy atom. The minimum absolute atomic E-state index is 0.0562. The summed E-state index contributed by atoms with van der Waals surface area (Å²) < 4.78 is 27.8. The molecule has 0 spiro atoms. The maximum absolute atomic E-state index is 13.1. The van der Waals surface area contributed by atoms with Crippen LogP contribution in [0.1, 0.15) is 136 Å². The second kappa shape index (κ2) is 36.3. The van der Waals surface area contributed by atoms with Crippen molar-refractivity contribution >= 4 is 125 Å². The van der Waals surface area contributed by atoms with Crippen molar-refractivity contribution in [1.82, 2.24) is 99.9 Å². The van der Waals surface area contributed by atoms with Gasteiger partial charge in [-0.05, 0) is 190 Å². The number of methoxy groups -OCH3 is 1. The van der Waals surface area contributed by atoms with E-state index >= 15 is 0 Å². The molecule has 119 heavy (non-hydrogen) atoms. The number of nitrogens with zero attached hydrogens (tertiary/aromatic N) is 20. The summed E-state index contributed by atoms with van der Waals surface area (Å²) in [5.74, 6) is 33.4. The van der Waals surface area contributed by atoms with Crippen LogP contribution in [0.4, 0.5) is 10.1 Å². The Bertz CT molecular complexity index is 6420. The molecule has 5 aliphatic carbocycles. The van der Waals surface area contributed by atoms with E-state index in [0.717, 1.165) is 118 Å². The third-order valence-corrected chi connectivity index (χ3v) is 21.8. The number of halogens is 6. The number of benzene rings is 5. The van der Waals surface area contributed by atoms with E-state index in [2.05, 4.69) is 136 Å². The molecule has 0 radical (unpaired) electrons. The number of nitrogen functional groups attached to an aromatic ring is 1. The molecule has 0 atom stereocenters. The molecule has 5 saturated carbocycles. The fourth-order valence-corrected chi connectivity index (χ4v) is 13.7. The molecular formula is C88H70Cl5FN22O3. The molecule has 31 heteroatoms. The van der Waals surface area contributed by atoms with Crippen molar-refractivity contribution < 1.29 is 19.0 Å². The molecule has 10 heterocycles. The van der Waals surface area contributed by atoms with Crippen molar-refractivity contribution in [3.63, 3.8) is 0 Å². The molecule has 592 valence electrons. The van der Waals surface area contributed by atoms with Crippen LogP contribution in [0.25, 0.3) is 55.2 Å². The van der Waals surface area contributed by atoms with E-state index in [9.17, 15) is 9.18 Å². The minimum atomic E-state index is -0.539. The summed E-state index contributed by atoms with van der Waals surface area (Å²) in [6.07, 6.45) is 28.1. The molecule has 5 fully saturated rings. The second-order valence-corrected chi connectivity index (χ2v) is 31.3. The van der Waals surface area contributed by atoms with E-state index < -0.39 is 11.7 Å². The number of carbonyl (C=O) groups excluding carboxylic acids is 1. The molecule has 25 nitrogen and oxygen atoms in total. The van der Waals surface area contributed by atoms with Crippen LogP contribution in [-0.4, -0.2) is 118 Å². The number of hydrogen-bond acceptors (Lipinski definition) is 19. The maximum Gasteiger partial charge on any atom is 0.250 e. The van der Waals surface area contributed by atoms with Crippen molar-refractivity contribution in [2.24, 2.45) is 35.3 Å². The lowest BCUT2D eigenvalue weighted by Gasteiger charge is -2.01. The molecule has 5 N–H and O–H groups in total. The van der Waals surface area contributed by atoms with Crippen molar-refractivity contribution in [1.29, 1.82) is 0 Å². The lowest BCUT2D eigenvalue weighted by Crippen LogP contribution is -2.11. The van der Waals surface area contributed by atoms with Crippen LogP contribution >= 0.6 is 58.0 Å². The quantitative estimate of drug-likeness (QED) is 0.0903. The number of hydrogen-bond donors (Lipinski definition) is 3. The first-order valence-electron chi connectivity index (χ1n) is 38.3. The monoisotopic (exact) mass is 1680 g/mol. The van der Waals surface area contributed by atoms with E-state index in [1.165, 1.54) is 82.7 Å². The zero-order valence-corrected chi connectivity index (χ0v) is 67.5. The van der Waals surface area contributed by atoms with Gasteiger partial charge in [-0.15, -0.1) is 25.5 Å². The number of carbonyl (C=O) groups is 1. The maximum atomic E-state index is 13.1. The van der Waals surface area contributed by atoms with Gasteiger partial charge in [-0.3, -0.25) is 29.7 Å². The van der Waals surface area contributed by atoms with Gasteiger partial charge in [-0.25, -0.2) is 27.8 Å². The lowest BCUT2D eigenvalue weighted by molar-refractivity contribution is 0.0999. The van der Waals surface area contributed by atoms with Crippen molar-refractivity contribution in [3.05, 3.63) is 251 Å². The summed E-state index contributed by atoms with van der Waals surface area (Å²) in [5.41, 5.74) is 27.4. The largest absolute Gasteiger partial charge is 0.495 e. The molecule has 15 aromatic rings. The number of aliphatic hydroxyl groups excluding tert-OH is 1. The van der Waals surface area contributed by atoms with Gasteiger partial charge in [0.25, 0.3) is 0 Å². The van der Waals surface area contributed by atoms with Gasteiger partial charge in [0.05, 0.1) is 90.1 Å². The Kier molecular flexibility index (Phi) is 24.4. The standard InChI is InChI=1S/C18H14ClN5O.2C18H15ClN4O.C17H12ClFN4.C17H14ClN5/c19-16-13(4-3-12-7-14(18(20)25)9-21-8-12)5-6-15-17(16)22-23-24(15)10-11-1-2-11;1-24-15-8-13(9-20-10-15)4-5-14-6-7-16-18(17(14)19)21-22-23(16)11-12-2-3-12;19-17-15(4-3-13-7-14(11-24)9-20-8-13)5-6-16-18(17)21-22-23(16)10-12-1-2-12;2*18-16-13(4-3-12-7-14(19)9-20-8-12)5-6-15-17(16)21-22-23(15)10-11-1-2-11/h5-9,11H,1-2,10H2,(H2,20,25);6-10,12H,2-3,11H2,1H3;5-9,12,24H,1-2,10-11H2;5-9,11H,1-2,10H2;5-9,11H,1-2,10,19H2. The summed E-state index contributed by atoms with van der Waals surface area (Å²) in [4.78, 5) is 31.1. The molecule has 5 aliphatic rings. The summed E-state index contributed by atoms with van der Waals surface area (Å²) in [7, 11) is 1.60. The number of primary amides is 1. The Morgan fingerprint density at radius 3 is 1.00 bits per heavy atom. The smallest absolute Gasteiger partial charge is 0.250 e. The highest BCUT2D eigenvalue weighted by Gasteiger charge is 2.28. The van der Waals surface area contributed by atoms with E-state index in [1.54, 1.807) is 68.7 Å². The fraction of sp³-hybridized carbons (Fsp3) is 0.250. The zero-order chi connectivity index (χ0) is 82.0. The minimum Gasteiger partial charge on any atom is -0.495 e. The molecule has 10 aromatic heterocycles. The van der Waals surface area contributed by atoms with Crippen LogP contribution in [0.3, 0.4) is 0 Å². The molecule has 20 rings (SSSR count). The van der Waals surface area contributed by atoms with Crippen LogP contribution in [0, 0.1) is 94.6 Å². The third-order valence-electron chi connectivity index (χ3n) is 19.9. The fourth-order valence-electron chi connectivity index (χ4n) is 12.5. The first-order valence-corrected chi connectivity index (χ1v) is 40.2. The molecule has 0 saturated heterocycles. The zero-order valence-electron chi connectivity index (χ0n) is 63.8. The molecule has 5 aromatic carbocycles. The number of rotatable bonds is 13. The molecule has 0 aliphatic heterocycles. The van der Waals surface area contributed by atoms with E-state index in [4.69, 9.17) is 79.3 Å². The molecule has 0 bridgehead atoms. The predicted octanol–water partition coefficient (Wildman–Crippen LogP) is 14.8. The summed E-state index contributed by atoms with van der Waals surface area (Å²) in [6.45, 7) is 4.42. The van der Waals surface area contributed by atoms with Gasteiger partial charge in [-0.1, -0.05) is 143 Å². The number of aliphatic hydroxyl groups is 1. The van der Waals surface area contributed by atoms with Crippen LogP contribution in [-0.2, 0) is 39.3 Å². The van der Waals surface area contributed by atoms with Crippen molar-refractivity contribution in [3.8, 4) is 65.0 Å². The first-order chi connectivity index (χ1) is 58.0. The first kappa shape index (κ1) is 79.9. The molecular weight excluding hydrogens is 1610 g/mol. The third kappa shape index (κ3) is 20.2. The van der Waals surface area contributed by atoms with Crippen molar-refractivity contribution in [2.75, 3.05) is 12.8 Å². The average Bonchev–Trinajstić information content (AvgIpc) is 1.66. The number of aromatic nitrogens is 20. The number of amides is 1. The number of pyridine rings is 5. The molecule has 1 amide bonds. The predicted molar refractivity (Wildman–Crippen MR) is 453 cm³/mol. The Morgan fingerprint density at radius 2 is 0.689 bits per heavy atom. The topological polar surface area (TPSA) is 317 Å². The average molecular weight is 1680 g/mol. The number of nitrogens with two attached hydrogens (primary N) is 2. The van der Waals surface area contributed by atoms with E-state index in [1.807, 2.05) is 90.1 Å². The number of ether oxygens (including phenoxy) is 1. The summed E-state index contributed by atoms with van der Waals surface area (Å²) in [6, 6.07) is 27.6. The van der Waals surface area contributed by atoms with E-state index in [-0.39, 0.29) is 6.61 Å². The van der Waals surface area contributed by atoms with Crippen LogP contribution < -0.4 is 16.2 Å². The van der Waals surface area contributed by atoms with Crippen LogP contribution in [0.5, 0.6) is 5.75 Å². The molecule has 0 unspecified atom stereocenters. The summed E-state index contributed by atoms with van der Waals surface area (Å²) in [5, 5.41) is 53.7. The van der Waals surface area contributed by atoms with Gasteiger partial charge in [0, 0.05) is 138 Å². The van der Waals surface area contributed by atoms with Crippen LogP contribution in [0.2, 0.25) is 25.1 Å².